The lowest BCUT2D eigenvalue weighted by Crippen LogP contribution is -2.61. The number of carbonyl (C=O) groups excluding carboxylic acids is 2. The van der Waals surface area contributed by atoms with Crippen LogP contribution < -0.4 is 20.7 Å². The molecule has 2 atom stereocenters. The van der Waals surface area contributed by atoms with Crippen LogP contribution in [0, 0.1) is 5.92 Å². The molecule has 2 amide bonds. The summed E-state index contributed by atoms with van der Waals surface area (Å²) < 4.78 is 43.5. The third kappa shape index (κ3) is 8.83. The number of carboxylic acid groups (broad SMARTS) is 1. The molecule has 36 heavy (non-hydrogen) atoms. The number of halogens is 3. The monoisotopic (exact) mass is 515 g/mol. The summed E-state index contributed by atoms with van der Waals surface area (Å²) in [6.07, 6.45) is -0.0986. The van der Waals surface area contributed by atoms with E-state index >= 15 is 0 Å². The number of hydrogen-bond donors (Lipinski definition) is 4. The number of benzene rings is 1. The average molecular weight is 516 g/mol. The van der Waals surface area contributed by atoms with E-state index in [0.29, 0.717) is 50.0 Å². The zero-order valence-electron chi connectivity index (χ0n) is 20.2. The molecule has 0 radical (unpaired) electrons. The molecule has 1 unspecified atom stereocenters. The van der Waals surface area contributed by atoms with Crippen LogP contribution in [0.3, 0.4) is 0 Å². The fourth-order valence-electron chi connectivity index (χ4n) is 3.68. The number of carboxylic acids is 1. The van der Waals surface area contributed by atoms with Crippen LogP contribution >= 0.6 is 0 Å². The van der Waals surface area contributed by atoms with Gasteiger partial charge in [-0.15, -0.1) is 0 Å². The smallest absolute Gasteiger partial charge is 0.489 e. The Bertz CT molecular complexity index is 930. The van der Waals surface area contributed by atoms with Gasteiger partial charge >= 0.3 is 12.1 Å². The Balaban J connectivity index is 0.000000572. The lowest BCUT2D eigenvalue weighted by Gasteiger charge is -2.37. The van der Waals surface area contributed by atoms with Crippen molar-refractivity contribution >= 4 is 17.8 Å². The summed E-state index contributed by atoms with van der Waals surface area (Å²) in [5.74, 6) is -2.20. The first-order chi connectivity index (χ1) is 16.9. The lowest BCUT2D eigenvalue weighted by atomic mass is 9.94. The first-order valence-electron chi connectivity index (χ1n) is 11.6. The minimum absolute atomic E-state index is 0.146. The van der Waals surface area contributed by atoms with E-state index in [9.17, 15) is 22.8 Å². The number of morpholine rings is 1. The largest absolute Gasteiger partial charge is 0.490 e. The number of hydrogen-bond acceptors (Lipinski definition) is 6. The first-order valence-corrected chi connectivity index (χ1v) is 11.6. The summed E-state index contributed by atoms with van der Waals surface area (Å²) in [6.45, 7) is 6.51. The molecule has 1 aromatic carbocycles. The molecule has 1 spiro atoms. The number of para-hydroxylation sites is 1. The van der Waals surface area contributed by atoms with E-state index in [4.69, 9.17) is 19.4 Å². The minimum atomic E-state index is -5.08. The van der Waals surface area contributed by atoms with Crippen molar-refractivity contribution in [3.05, 3.63) is 42.0 Å². The van der Waals surface area contributed by atoms with Gasteiger partial charge < -0.3 is 30.5 Å². The van der Waals surface area contributed by atoms with E-state index < -0.39 is 17.7 Å². The van der Waals surface area contributed by atoms with Crippen LogP contribution in [-0.4, -0.2) is 73.6 Å². The molecule has 9 nitrogen and oxygen atoms in total. The number of ether oxygens (including phenoxy) is 2. The predicted molar refractivity (Wildman–Crippen MR) is 125 cm³/mol. The van der Waals surface area contributed by atoms with Crippen molar-refractivity contribution in [2.75, 3.05) is 32.8 Å². The van der Waals surface area contributed by atoms with Crippen molar-refractivity contribution in [3.63, 3.8) is 0 Å². The van der Waals surface area contributed by atoms with Gasteiger partial charge in [0.25, 0.3) is 11.8 Å². The molecule has 1 saturated heterocycles. The maximum atomic E-state index is 13.2. The summed E-state index contributed by atoms with van der Waals surface area (Å²) in [7, 11) is 0. The highest BCUT2D eigenvalue weighted by Gasteiger charge is 2.41. The molecule has 0 aliphatic carbocycles. The van der Waals surface area contributed by atoms with Crippen molar-refractivity contribution < 1.29 is 42.1 Å². The standard InChI is InChI=1S/C22H31N3O4.C2HF3O2/c1-16(2)13-17-14-24-20(26)18-7-3-4-8-19(18)28-11-6-5-9-22(21(27)25-17)15-23-10-12-29-22;3-2(4,5)1(6)7/h3-8,16-17,23H,9-15H2,1-2H3,(H,24,26)(H,25,27);(H,6,7)/b6-5+;/t17-,22?;/m0./s1. The topological polar surface area (TPSA) is 126 Å². The second-order valence-corrected chi connectivity index (χ2v) is 8.82. The number of fused-ring (bicyclic) bond motifs is 1. The molecular weight excluding hydrogens is 483 g/mol. The number of amides is 2. The normalized spacial score (nSPS) is 24.2. The number of nitrogens with one attached hydrogen (secondary N) is 3. The van der Waals surface area contributed by atoms with Crippen molar-refractivity contribution in [2.24, 2.45) is 5.92 Å². The molecule has 1 aromatic rings. The Morgan fingerprint density at radius 3 is 2.53 bits per heavy atom. The van der Waals surface area contributed by atoms with Crippen LogP contribution in [0.4, 0.5) is 13.2 Å². The molecule has 2 aliphatic rings. The fourth-order valence-corrected chi connectivity index (χ4v) is 3.68. The first kappa shape index (κ1) is 29.1. The molecule has 1 fully saturated rings. The van der Waals surface area contributed by atoms with E-state index in [2.05, 4.69) is 29.8 Å². The molecule has 12 heteroatoms. The van der Waals surface area contributed by atoms with Crippen molar-refractivity contribution in [3.8, 4) is 5.75 Å². The molecular formula is C24H32F3N3O6. The summed E-state index contributed by atoms with van der Waals surface area (Å²) in [5, 5.41) is 16.5. The molecule has 3 rings (SSSR count). The van der Waals surface area contributed by atoms with Crippen molar-refractivity contribution in [1.82, 2.24) is 16.0 Å². The van der Waals surface area contributed by atoms with Crippen LogP contribution in [0.1, 0.15) is 37.0 Å². The van der Waals surface area contributed by atoms with Gasteiger partial charge in [-0.25, -0.2) is 4.79 Å². The highest BCUT2D eigenvalue weighted by molar-refractivity contribution is 5.97. The van der Waals surface area contributed by atoms with Gasteiger partial charge in [-0.05, 0) is 24.5 Å². The average Bonchev–Trinajstić information content (AvgIpc) is 2.82. The Morgan fingerprint density at radius 1 is 1.22 bits per heavy atom. The highest BCUT2D eigenvalue weighted by Crippen LogP contribution is 2.22. The number of rotatable bonds is 2. The molecule has 0 aromatic heterocycles. The quantitative estimate of drug-likeness (QED) is 0.445. The van der Waals surface area contributed by atoms with Gasteiger partial charge in [0.05, 0.1) is 12.2 Å². The van der Waals surface area contributed by atoms with E-state index in [1.165, 1.54) is 0 Å². The molecule has 0 bridgehead atoms. The summed E-state index contributed by atoms with van der Waals surface area (Å²) >= 11 is 0. The van der Waals surface area contributed by atoms with Crippen LogP contribution in [0.25, 0.3) is 0 Å². The Kier molecular flexibility index (Phi) is 10.7. The number of alkyl halides is 3. The zero-order chi connectivity index (χ0) is 26.8. The third-order valence-electron chi connectivity index (χ3n) is 5.41. The lowest BCUT2D eigenvalue weighted by molar-refractivity contribution is -0.192. The summed E-state index contributed by atoms with van der Waals surface area (Å²) in [6, 6.07) is 7.00. The van der Waals surface area contributed by atoms with Gasteiger partial charge in [0.1, 0.15) is 12.4 Å². The summed E-state index contributed by atoms with van der Waals surface area (Å²) in [4.78, 5) is 34.8. The molecule has 0 saturated carbocycles. The number of aliphatic carboxylic acids is 1. The van der Waals surface area contributed by atoms with Crippen LogP contribution in [0.5, 0.6) is 5.75 Å². The maximum absolute atomic E-state index is 13.2. The van der Waals surface area contributed by atoms with E-state index in [1.807, 2.05) is 24.3 Å². The van der Waals surface area contributed by atoms with Crippen molar-refractivity contribution in [2.45, 2.75) is 44.5 Å². The van der Waals surface area contributed by atoms with Gasteiger partial charge in [-0.2, -0.15) is 13.2 Å². The fraction of sp³-hybridized carbons (Fsp3) is 0.542. The number of carbonyl (C=O) groups is 3. The van der Waals surface area contributed by atoms with Crippen LogP contribution in [0.2, 0.25) is 0 Å². The van der Waals surface area contributed by atoms with Crippen molar-refractivity contribution in [1.29, 1.82) is 0 Å². The molecule has 4 N–H and O–H groups in total. The van der Waals surface area contributed by atoms with E-state index in [1.54, 1.807) is 12.1 Å². The maximum Gasteiger partial charge on any atom is 0.490 e. The van der Waals surface area contributed by atoms with E-state index in [-0.39, 0.29) is 17.9 Å². The highest BCUT2D eigenvalue weighted by atomic mass is 19.4. The second-order valence-electron chi connectivity index (χ2n) is 8.82. The Labute approximate surface area is 207 Å². The van der Waals surface area contributed by atoms with Gasteiger partial charge in [0.15, 0.2) is 5.60 Å². The van der Waals surface area contributed by atoms with Gasteiger partial charge in [0, 0.05) is 32.1 Å². The Hall–Kier alpha value is -3.12. The van der Waals surface area contributed by atoms with Gasteiger partial charge in [-0.1, -0.05) is 38.1 Å². The minimum Gasteiger partial charge on any atom is -0.489 e. The predicted octanol–water partition coefficient (Wildman–Crippen LogP) is 2.28. The Morgan fingerprint density at radius 2 is 1.92 bits per heavy atom. The molecule has 2 heterocycles. The van der Waals surface area contributed by atoms with Crippen LogP contribution in [0.15, 0.2) is 36.4 Å². The second kappa shape index (κ2) is 13.3. The van der Waals surface area contributed by atoms with E-state index in [0.717, 1.165) is 13.0 Å². The third-order valence-corrected chi connectivity index (χ3v) is 5.41. The van der Waals surface area contributed by atoms with Gasteiger partial charge in [0.2, 0.25) is 0 Å². The molecule has 200 valence electrons. The summed E-state index contributed by atoms with van der Waals surface area (Å²) in [5.41, 5.74) is -0.459. The van der Waals surface area contributed by atoms with Crippen LogP contribution in [-0.2, 0) is 14.3 Å². The molecule has 2 aliphatic heterocycles. The zero-order valence-corrected chi connectivity index (χ0v) is 20.2. The van der Waals surface area contributed by atoms with Gasteiger partial charge in [-0.3, -0.25) is 9.59 Å². The SMILES string of the molecule is CC(C)C[C@H]1CNC(=O)c2ccccc2OC/C=C/CC2(CNCCO2)C(=O)N1.O=C(O)C(F)(F)F.